The highest BCUT2D eigenvalue weighted by Crippen LogP contribution is 1.88. The number of likely N-dealkylation sites (N-methyl/N-ethyl adjacent to an activating group) is 1. The van der Waals surface area contributed by atoms with Crippen molar-refractivity contribution in [2.24, 2.45) is 0 Å². The Labute approximate surface area is 101 Å². The molecular formula is C12H29N3O. The van der Waals surface area contributed by atoms with Gasteiger partial charge in [-0.15, -0.1) is 0 Å². The van der Waals surface area contributed by atoms with Crippen LogP contribution < -0.4 is 5.32 Å². The minimum absolute atomic E-state index is 0.812. The number of ether oxygens (including phenoxy) is 1. The van der Waals surface area contributed by atoms with Gasteiger partial charge in [0.25, 0.3) is 0 Å². The molecule has 0 aliphatic carbocycles. The summed E-state index contributed by atoms with van der Waals surface area (Å²) in [4.78, 5) is 4.60. The van der Waals surface area contributed by atoms with Crippen molar-refractivity contribution >= 4 is 0 Å². The molecule has 16 heavy (non-hydrogen) atoms. The second kappa shape index (κ2) is 11.3. The molecule has 0 aliphatic rings. The van der Waals surface area contributed by atoms with E-state index in [9.17, 15) is 0 Å². The first kappa shape index (κ1) is 15.8. The van der Waals surface area contributed by atoms with E-state index >= 15 is 0 Å². The van der Waals surface area contributed by atoms with Gasteiger partial charge in [-0.3, -0.25) is 0 Å². The second-order valence-electron chi connectivity index (χ2n) is 4.41. The van der Waals surface area contributed by atoms with E-state index in [0.717, 1.165) is 32.8 Å². The third-order valence-corrected chi connectivity index (χ3v) is 2.44. The number of rotatable bonds is 11. The van der Waals surface area contributed by atoms with Crippen molar-refractivity contribution in [3.63, 3.8) is 0 Å². The highest BCUT2D eigenvalue weighted by molar-refractivity contribution is 4.56. The molecule has 98 valence electrons. The topological polar surface area (TPSA) is 27.7 Å². The van der Waals surface area contributed by atoms with Gasteiger partial charge in [-0.25, -0.2) is 0 Å². The average Bonchev–Trinajstić information content (AvgIpc) is 2.22. The molecule has 0 amide bonds. The van der Waals surface area contributed by atoms with E-state index in [1.54, 1.807) is 0 Å². The first-order valence-corrected chi connectivity index (χ1v) is 6.28. The number of hydrogen-bond donors (Lipinski definition) is 1. The maximum Gasteiger partial charge on any atom is 0.0590 e. The number of nitrogens with one attached hydrogen (secondary N) is 1. The van der Waals surface area contributed by atoms with Crippen molar-refractivity contribution in [2.75, 3.05) is 67.1 Å². The molecule has 0 saturated heterocycles. The zero-order valence-electron chi connectivity index (χ0n) is 11.5. The summed E-state index contributed by atoms with van der Waals surface area (Å²) in [5, 5.41) is 3.37. The van der Waals surface area contributed by atoms with Gasteiger partial charge in [-0.1, -0.05) is 0 Å². The lowest BCUT2D eigenvalue weighted by Gasteiger charge is -2.18. The molecule has 0 fully saturated rings. The van der Waals surface area contributed by atoms with Crippen LogP contribution in [0.2, 0.25) is 0 Å². The Morgan fingerprint density at radius 3 is 2.38 bits per heavy atom. The first-order valence-electron chi connectivity index (χ1n) is 6.28. The van der Waals surface area contributed by atoms with Crippen LogP contribution in [-0.2, 0) is 4.74 Å². The third kappa shape index (κ3) is 11.9. The lowest BCUT2D eigenvalue weighted by atomic mass is 10.3. The number of hydrogen-bond acceptors (Lipinski definition) is 4. The molecule has 0 heterocycles. The Kier molecular flexibility index (Phi) is 11.2. The minimum atomic E-state index is 0.812. The van der Waals surface area contributed by atoms with Crippen molar-refractivity contribution in [1.82, 2.24) is 15.1 Å². The molecule has 4 nitrogen and oxygen atoms in total. The van der Waals surface area contributed by atoms with Crippen LogP contribution in [0.1, 0.15) is 13.3 Å². The molecule has 4 heteroatoms. The van der Waals surface area contributed by atoms with Gasteiger partial charge in [0.1, 0.15) is 0 Å². The standard InChI is InChI=1S/C12H29N3O/c1-5-16-12-8-13-7-11-15(4)10-6-9-14(2)3/h13H,5-12H2,1-4H3. The predicted molar refractivity (Wildman–Crippen MR) is 70.0 cm³/mol. The van der Waals surface area contributed by atoms with E-state index in [0.29, 0.717) is 0 Å². The molecule has 0 atom stereocenters. The maximum absolute atomic E-state index is 5.25. The fourth-order valence-electron chi connectivity index (χ4n) is 1.45. The minimum Gasteiger partial charge on any atom is -0.380 e. The fraction of sp³-hybridized carbons (Fsp3) is 1.00. The van der Waals surface area contributed by atoms with Crippen LogP contribution in [0.3, 0.4) is 0 Å². The van der Waals surface area contributed by atoms with E-state index in [4.69, 9.17) is 4.74 Å². The van der Waals surface area contributed by atoms with Crippen LogP contribution in [0, 0.1) is 0 Å². The van der Waals surface area contributed by atoms with E-state index < -0.39 is 0 Å². The summed E-state index contributed by atoms with van der Waals surface area (Å²) in [6.45, 7) is 9.11. The van der Waals surface area contributed by atoms with Gasteiger partial charge in [0.05, 0.1) is 6.61 Å². The Balaban J connectivity index is 3.14. The van der Waals surface area contributed by atoms with Gasteiger partial charge in [-0.05, 0) is 47.6 Å². The monoisotopic (exact) mass is 231 g/mol. The van der Waals surface area contributed by atoms with Crippen LogP contribution in [0.25, 0.3) is 0 Å². The van der Waals surface area contributed by atoms with Gasteiger partial charge < -0.3 is 19.9 Å². The lowest BCUT2D eigenvalue weighted by Crippen LogP contribution is -2.32. The van der Waals surface area contributed by atoms with E-state index in [1.807, 2.05) is 6.92 Å². The van der Waals surface area contributed by atoms with E-state index in [2.05, 4.69) is 36.3 Å². The summed E-state index contributed by atoms with van der Waals surface area (Å²) in [5.41, 5.74) is 0. The van der Waals surface area contributed by atoms with Gasteiger partial charge in [0.2, 0.25) is 0 Å². The van der Waals surface area contributed by atoms with Gasteiger partial charge in [-0.2, -0.15) is 0 Å². The predicted octanol–water partition coefficient (Wildman–Crippen LogP) is 0.496. The first-order chi connectivity index (χ1) is 7.66. The Morgan fingerprint density at radius 2 is 1.75 bits per heavy atom. The molecule has 0 radical (unpaired) electrons. The second-order valence-corrected chi connectivity index (χ2v) is 4.41. The van der Waals surface area contributed by atoms with Crippen LogP contribution in [0.5, 0.6) is 0 Å². The Morgan fingerprint density at radius 1 is 1.00 bits per heavy atom. The largest absolute Gasteiger partial charge is 0.380 e. The van der Waals surface area contributed by atoms with Crippen molar-refractivity contribution in [3.05, 3.63) is 0 Å². The van der Waals surface area contributed by atoms with Crippen molar-refractivity contribution in [2.45, 2.75) is 13.3 Å². The van der Waals surface area contributed by atoms with E-state index in [1.165, 1.54) is 19.5 Å². The van der Waals surface area contributed by atoms with Gasteiger partial charge >= 0.3 is 0 Å². The van der Waals surface area contributed by atoms with Gasteiger partial charge in [0, 0.05) is 26.2 Å². The third-order valence-electron chi connectivity index (χ3n) is 2.44. The summed E-state index contributed by atoms with van der Waals surface area (Å²) in [6, 6.07) is 0. The van der Waals surface area contributed by atoms with Gasteiger partial charge in [0.15, 0.2) is 0 Å². The zero-order chi connectivity index (χ0) is 12.2. The average molecular weight is 231 g/mol. The molecule has 0 unspecified atom stereocenters. The van der Waals surface area contributed by atoms with Crippen LogP contribution in [0.4, 0.5) is 0 Å². The van der Waals surface area contributed by atoms with Crippen LogP contribution in [0.15, 0.2) is 0 Å². The lowest BCUT2D eigenvalue weighted by molar-refractivity contribution is 0.148. The van der Waals surface area contributed by atoms with Crippen molar-refractivity contribution in [3.8, 4) is 0 Å². The molecule has 0 bridgehead atoms. The zero-order valence-corrected chi connectivity index (χ0v) is 11.5. The molecule has 0 aromatic heterocycles. The molecule has 1 N–H and O–H groups in total. The Hall–Kier alpha value is -0.160. The highest BCUT2D eigenvalue weighted by atomic mass is 16.5. The summed E-state index contributed by atoms with van der Waals surface area (Å²) in [7, 11) is 6.42. The molecule has 0 aromatic rings. The fourth-order valence-corrected chi connectivity index (χ4v) is 1.45. The highest BCUT2D eigenvalue weighted by Gasteiger charge is 1.98. The summed E-state index contributed by atoms with van der Waals surface area (Å²) in [5.74, 6) is 0. The SMILES string of the molecule is CCOCCNCCN(C)CCCN(C)C. The maximum atomic E-state index is 5.25. The summed E-state index contributed by atoms with van der Waals surface area (Å²) in [6.07, 6.45) is 1.24. The molecule has 0 saturated carbocycles. The molecule has 0 spiro atoms. The normalized spacial score (nSPS) is 11.6. The summed E-state index contributed by atoms with van der Waals surface area (Å²) < 4.78 is 5.25. The number of nitrogens with zero attached hydrogens (tertiary/aromatic N) is 2. The molecule has 0 aromatic carbocycles. The van der Waals surface area contributed by atoms with Crippen LogP contribution in [-0.4, -0.2) is 76.9 Å². The van der Waals surface area contributed by atoms with Crippen molar-refractivity contribution in [1.29, 1.82) is 0 Å². The Bertz CT molecular complexity index is 142. The molecule has 0 rings (SSSR count). The summed E-state index contributed by atoms with van der Waals surface area (Å²) >= 11 is 0. The molecular weight excluding hydrogens is 202 g/mol. The quantitative estimate of drug-likeness (QED) is 0.524. The van der Waals surface area contributed by atoms with E-state index in [-0.39, 0.29) is 0 Å². The van der Waals surface area contributed by atoms with Crippen molar-refractivity contribution < 1.29 is 4.74 Å². The smallest absolute Gasteiger partial charge is 0.0590 e. The van der Waals surface area contributed by atoms with Crippen LogP contribution >= 0.6 is 0 Å². The molecule has 0 aliphatic heterocycles.